The van der Waals surface area contributed by atoms with Crippen molar-refractivity contribution in [3.63, 3.8) is 0 Å². The summed E-state index contributed by atoms with van der Waals surface area (Å²) >= 11 is 0. The molecule has 0 bridgehead atoms. The second-order valence-corrected chi connectivity index (χ2v) is 3.99. The fourth-order valence-corrected chi connectivity index (χ4v) is 1.80. The Hall–Kier alpha value is -2.89. The minimum absolute atomic E-state index is 0.0775. The van der Waals surface area contributed by atoms with Crippen molar-refractivity contribution in [1.82, 2.24) is 19.7 Å². The van der Waals surface area contributed by atoms with E-state index in [1.807, 2.05) is 35.0 Å². The predicted octanol–water partition coefficient (Wildman–Crippen LogP) is 1.96. The highest BCUT2D eigenvalue weighted by molar-refractivity contribution is 5.86. The molecule has 2 aromatic heterocycles. The van der Waals surface area contributed by atoms with Crippen LogP contribution >= 0.6 is 0 Å². The zero-order chi connectivity index (χ0) is 13.2. The summed E-state index contributed by atoms with van der Waals surface area (Å²) < 4.78 is 1.89. The summed E-state index contributed by atoms with van der Waals surface area (Å²) in [7, 11) is 0. The van der Waals surface area contributed by atoms with Gasteiger partial charge in [0, 0.05) is 23.6 Å². The zero-order valence-electron chi connectivity index (χ0n) is 9.82. The number of aromatic carboxylic acids is 1. The number of nitrogens with zero attached hydrogens (tertiary/aromatic N) is 3. The lowest BCUT2D eigenvalue weighted by Crippen LogP contribution is -1.95. The fraction of sp³-hybridized carbons (Fsp3) is 0. The van der Waals surface area contributed by atoms with Crippen LogP contribution in [0.5, 0.6) is 0 Å². The van der Waals surface area contributed by atoms with Crippen molar-refractivity contribution in [1.29, 1.82) is 0 Å². The van der Waals surface area contributed by atoms with Crippen LogP contribution in [0.3, 0.4) is 0 Å². The molecule has 6 heteroatoms. The van der Waals surface area contributed by atoms with E-state index in [1.165, 1.54) is 6.07 Å². The Morgan fingerprint density at radius 1 is 1.26 bits per heavy atom. The molecule has 0 atom stereocenters. The van der Waals surface area contributed by atoms with Crippen LogP contribution in [0, 0.1) is 0 Å². The summed E-state index contributed by atoms with van der Waals surface area (Å²) in [6.45, 7) is 0. The molecule has 94 valence electrons. The van der Waals surface area contributed by atoms with Crippen molar-refractivity contribution in [2.45, 2.75) is 0 Å². The van der Waals surface area contributed by atoms with Gasteiger partial charge >= 0.3 is 5.97 Å². The number of carboxylic acid groups (broad SMARTS) is 1. The standard InChI is InChI=1S/C13H10N4O2/c18-13(19)12-7-11(15-16-12)9-1-3-10(4-2-9)17-6-5-14-8-17/h1-8H,(H,15,16)(H,18,19). The molecule has 0 fully saturated rings. The Labute approximate surface area is 108 Å². The Bertz CT molecular complexity index is 699. The van der Waals surface area contributed by atoms with Crippen molar-refractivity contribution in [3.8, 4) is 16.9 Å². The van der Waals surface area contributed by atoms with E-state index in [9.17, 15) is 4.79 Å². The molecule has 2 N–H and O–H groups in total. The Morgan fingerprint density at radius 2 is 2.05 bits per heavy atom. The van der Waals surface area contributed by atoms with Crippen LogP contribution in [0.4, 0.5) is 0 Å². The second-order valence-electron chi connectivity index (χ2n) is 3.99. The fourth-order valence-electron chi connectivity index (χ4n) is 1.80. The van der Waals surface area contributed by atoms with Crippen molar-refractivity contribution < 1.29 is 9.90 Å². The minimum atomic E-state index is -1.02. The normalized spacial score (nSPS) is 10.5. The highest BCUT2D eigenvalue weighted by atomic mass is 16.4. The largest absolute Gasteiger partial charge is 0.477 e. The molecule has 19 heavy (non-hydrogen) atoms. The van der Waals surface area contributed by atoms with Gasteiger partial charge in [-0.05, 0) is 18.2 Å². The summed E-state index contributed by atoms with van der Waals surface area (Å²) in [4.78, 5) is 14.8. The lowest BCUT2D eigenvalue weighted by Gasteiger charge is -2.02. The summed E-state index contributed by atoms with van der Waals surface area (Å²) in [5.41, 5.74) is 2.52. The van der Waals surface area contributed by atoms with Gasteiger partial charge in [0.05, 0.1) is 12.0 Å². The second kappa shape index (κ2) is 4.41. The number of H-pyrrole nitrogens is 1. The van der Waals surface area contributed by atoms with E-state index in [0.717, 1.165) is 11.3 Å². The van der Waals surface area contributed by atoms with Gasteiger partial charge in [-0.2, -0.15) is 5.10 Å². The molecule has 1 aromatic carbocycles. The van der Waals surface area contributed by atoms with Crippen LogP contribution in [0.1, 0.15) is 10.5 Å². The predicted molar refractivity (Wildman–Crippen MR) is 68.1 cm³/mol. The van der Waals surface area contributed by atoms with Gasteiger partial charge in [0.25, 0.3) is 0 Å². The van der Waals surface area contributed by atoms with Crippen LogP contribution in [0.25, 0.3) is 16.9 Å². The number of carbonyl (C=O) groups is 1. The molecule has 2 heterocycles. The third-order valence-electron chi connectivity index (χ3n) is 2.77. The number of aromatic nitrogens is 4. The molecule has 3 rings (SSSR count). The van der Waals surface area contributed by atoms with Crippen LogP contribution in [0.15, 0.2) is 49.1 Å². The number of benzene rings is 1. The van der Waals surface area contributed by atoms with E-state index < -0.39 is 5.97 Å². The van der Waals surface area contributed by atoms with Gasteiger partial charge in [0.15, 0.2) is 0 Å². The topological polar surface area (TPSA) is 83.8 Å². The van der Waals surface area contributed by atoms with Crippen LogP contribution in [0.2, 0.25) is 0 Å². The number of nitrogens with one attached hydrogen (secondary N) is 1. The summed E-state index contributed by atoms with van der Waals surface area (Å²) in [6, 6.07) is 9.13. The molecule has 6 nitrogen and oxygen atoms in total. The summed E-state index contributed by atoms with van der Waals surface area (Å²) in [6.07, 6.45) is 5.28. The number of hydrogen-bond donors (Lipinski definition) is 2. The maximum Gasteiger partial charge on any atom is 0.353 e. The van der Waals surface area contributed by atoms with E-state index in [1.54, 1.807) is 12.5 Å². The maximum absolute atomic E-state index is 10.8. The van der Waals surface area contributed by atoms with E-state index in [-0.39, 0.29) is 5.69 Å². The molecule has 0 radical (unpaired) electrons. The number of imidazole rings is 1. The third kappa shape index (κ3) is 2.11. The van der Waals surface area contributed by atoms with Crippen molar-refractivity contribution in [2.24, 2.45) is 0 Å². The lowest BCUT2D eigenvalue weighted by molar-refractivity contribution is 0.0690. The highest BCUT2D eigenvalue weighted by Gasteiger charge is 2.09. The van der Waals surface area contributed by atoms with Gasteiger partial charge in [-0.3, -0.25) is 5.10 Å². The molecular weight excluding hydrogens is 244 g/mol. The van der Waals surface area contributed by atoms with Crippen LogP contribution in [-0.4, -0.2) is 30.8 Å². The molecule has 0 saturated heterocycles. The monoisotopic (exact) mass is 254 g/mol. The number of aromatic amines is 1. The average Bonchev–Trinajstić information content (AvgIpc) is 3.11. The highest BCUT2D eigenvalue weighted by Crippen LogP contribution is 2.19. The van der Waals surface area contributed by atoms with Gasteiger partial charge in [-0.15, -0.1) is 0 Å². The van der Waals surface area contributed by atoms with Crippen molar-refractivity contribution in [2.75, 3.05) is 0 Å². The Kier molecular flexibility index (Phi) is 2.60. The van der Waals surface area contributed by atoms with Gasteiger partial charge in [-0.25, -0.2) is 9.78 Å². The van der Waals surface area contributed by atoms with Gasteiger partial charge in [0.2, 0.25) is 0 Å². The molecule has 3 aromatic rings. The van der Waals surface area contributed by atoms with Gasteiger partial charge in [0.1, 0.15) is 5.69 Å². The van der Waals surface area contributed by atoms with E-state index in [4.69, 9.17) is 5.11 Å². The number of carboxylic acids is 1. The van der Waals surface area contributed by atoms with Crippen molar-refractivity contribution in [3.05, 3.63) is 54.7 Å². The van der Waals surface area contributed by atoms with Gasteiger partial charge < -0.3 is 9.67 Å². The first-order chi connectivity index (χ1) is 9.24. The quantitative estimate of drug-likeness (QED) is 0.748. The average molecular weight is 254 g/mol. The summed E-state index contributed by atoms with van der Waals surface area (Å²) in [5, 5.41) is 15.3. The lowest BCUT2D eigenvalue weighted by atomic mass is 10.1. The molecule has 0 aliphatic rings. The van der Waals surface area contributed by atoms with Gasteiger partial charge in [-0.1, -0.05) is 12.1 Å². The molecule has 0 aliphatic carbocycles. The smallest absolute Gasteiger partial charge is 0.353 e. The molecule has 0 spiro atoms. The third-order valence-corrected chi connectivity index (χ3v) is 2.77. The van der Waals surface area contributed by atoms with E-state index >= 15 is 0 Å². The summed E-state index contributed by atoms with van der Waals surface area (Å²) in [5.74, 6) is -1.02. The zero-order valence-corrected chi connectivity index (χ0v) is 9.82. The van der Waals surface area contributed by atoms with Crippen molar-refractivity contribution >= 4 is 5.97 Å². The maximum atomic E-state index is 10.8. The Morgan fingerprint density at radius 3 is 2.63 bits per heavy atom. The van der Waals surface area contributed by atoms with E-state index in [2.05, 4.69) is 15.2 Å². The molecule has 0 unspecified atom stereocenters. The molecule has 0 aliphatic heterocycles. The SMILES string of the molecule is O=C(O)c1cc(-c2ccc(-n3ccnc3)cc2)n[nH]1. The van der Waals surface area contributed by atoms with Crippen LogP contribution < -0.4 is 0 Å². The van der Waals surface area contributed by atoms with E-state index in [0.29, 0.717) is 5.69 Å². The first-order valence-corrected chi connectivity index (χ1v) is 5.61. The first kappa shape index (κ1) is 11.2. The Balaban J connectivity index is 1.91. The number of hydrogen-bond acceptors (Lipinski definition) is 3. The van der Waals surface area contributed by atoms with Crippen LogP contribution in [-0.2, 0) is 0 Å². The molecule has 0 amide bonds. The number of rotatable bonds is 3. The first-order valence-electron chi connectivity index (χ1n) is 5.61. The molecular formula is C13H10N4O2. The molecule has 0 saturated carbocycles. The minimum Gasteiger partial charge on any atom is -0.477 e.